The van der Waals surface area contributed by atoms with Crippen LogP contribution in [0.2, 0.25) is 0 Å². The van der Waals surface area contributed by atoms with Crippen molar-refractivity contribution in [1.82, 2.24) is 15.0 Å². The van der Waals surface area contributed by atoms with Crippen LogP contribution in [0.15, 0.2) is 35.4 Å². The Balaban J connectivity index is 2.32. The Labute approximate surface area is 125 Å². The predicted molar refractivity (Wildman–Crippen MR) is 84.8 cm³/mol. The van der Waals surface area contributed by atoms with Crippen LogP contribution in [0.25, 0.3) is 10.9 Å². The van der Waals surface area contributed by atoms with E-state index in [0.29, 0.717) is 12.1 Å². The van der Waals surface area contributed by atoms with Crippen molar-refractivity contribution in [2.75, 3.05) is 13.1 Å². The maximum absolute atomic E-state index is 12.5. The summed E-state index contributed by atoms with van der Waals surface area (Å²) < 4.78 is 27.6. The van der Waals surface area contributed by atoms with Crippen LogP contribution in [-0.2, 0) is 10.0 Å². The number of sulfonamides is 1. The van der Waals surface area contributed by atoms with E-state index in [2.05, 4.69) is 15.0 Å². The van der Waals surface area contributed by atoms with Gasteiger partial charge in [-0.1, -0.05) is 19.1 Å². The van der Waals surface area contributed by atoms with Gasteiger partial charge in [-0.3, -0.25) is 4.98 Å². The Morgan fingerprint density at radius 1 is 1.33 bits per heavy atom. The smallest absolute Gasteiger partial charge is 0.242 e. The molecular weight excluding hydrogens is 286 g/mol. The summed E-state index contributed by atoms with van der Waals surface area (Å²) in [4.78, 5) is 4.50. The number of nitrogens with zero attached hydrogens (tertiary/aromatic N) is 1. The van der Waals surface area contributed by atoms with Crippen LogP contribution in [-0.4, -0.2) is 32.5 Å². The van der Waals surface area contributed by atoms with E-state index in [1.165, 1.54) is 0 Å². The van der Waals surface area contributed by atoms with Gasteiger partial charge in [0.15, 0.2) is 0 Å². The zero-order valence-corrected chi connectivity index (χ0v) is 13.4. The number of rotatable bonds is 6. The van der Waals surface area contributed by atoms with Crippen LogP contribution in [0, 0.1) is 6.92 Å². The van der Waals surface area contributed by atoms with Gasteiger partial charge >= 0.3 is 0 Å². The number of aromatic nitrogens is 1. The molecule has 0 amide bonds. The molecule has 0 bridgehead atoms. The molecule has 2 aromatic rings. The molecule has 5 nitrogen and oxygen atoms in total. The van der Waals surface area contributed by atoms with E-state index >= 15 is 0 Å². The van der Waals surface area contributed by atoms with Crippen LogP contribution in [0.1, 0.15) is 19.4 Å². The monoisotopic (exact) mass is 307 g/mol. The highest BCUT2D eigenvalue weighted by Crippen LogP contribution is 2.21. The Morgan fingerprint density at radius 3 is 2.81 bits per heavy atom. The minimum absolute atomic E-state index is 0.0787. The van der Waals surface area contributed by atoms with Gasteiger partial charge in [-0.15, -0.1) is 0 Å². The second-order valence-corrected chi connectivity index (χ2v) is 6.89. The lowest BCUT2D eigenvalue weighted by Crippen LogP contribution is -2.38. The zero-order chi connectivity index (χ0) is 15.5. The summed E-state index contributed by atoms with van der Waals surface area (Å²) in [6.45, 7) is 7.01. The highest BCUT2D eigenvalue weighted by atomic mass is 32.2. The number of benzene rings is 1. The molecule has 0 aliphatic carbocycles. The molecular formula is C15H21N3O2S. The van der Waals surface area contributed by atoms with Gasteiger partial charge in [0.1, 0.15) is 4.90 Å². The highest BCUT2D eigenvalue weighted by Gasteiger charge is 2.18. The van der Waals surface area contributed by atoms with Crippen molar-refractivity contribution in [2.45, 2.75) is 31.7 Å². The molecule has 0 fully saturated rings. The van der Waals surface area contributed by atoms with Crippen molar-refractivity contribution in [3.8, 4) is 0 Å². The summed E-state index contributed by atoms with van der Waals surface area (Å²) in [7, 11) is -3.57. The van der Waals surface area contributed by atoms with Crippen molar-refractivity contribution in [3.05, 3.63) is 36.0 Å². The van der Waals surface area contributed by atoms with Gasteiger partial charge in [0, 0.05) is 24.2 Å². The number of hydrogen-bond donors (Lipinski definition) is 2. The third-order valence-corrected chi connectivity index (χ3v) is 4.69. The number of para-hydroxylation sites is 1. The molecule has 0 saturated carbocycles. The van der Waals surface area contributed by atoms with Crippen LogP contribution in [0.5, 0.6) is 0 Å². The van der Waals surface area contributed by atoms with Gasteiger partial charge in [0.2, 0.25) is 10.0 Å². The van der Waals surface area contributed by atoms with E-state index < -0.39 is 10.0 Å². The first-order valence-corrected chi connectivity index (χ1v) is 8.51. The predicted octanol–water partition coefficient (Wildman–Crippen LogP) is 1.82. The average Bonchev–Trinajstić information content (AvgIpc) is 2.44. The van der Waals surface area contributed by atoms with Gasteiger partial charge < -0.3 is 5.32 Å². The Kier molecular flexibility index (Phi) is 4.92. The molecule has 2 rings (SSSR count). The first kappa shape index (κ1) is 15.9. The first-order valence-electron chi connectivity index (χ1n) is 7.02. The largest absolute Gasteiger partial charge is 0.313 e. The van der Waals surface area contributed by atoms with Crippen molar-refractivity contribution in [3.63, 3.8) is 0 Å². The molecule has 0 aliphatic heterocycles. The first-order chi connectivity index (χ1) is 9.94. The minimum atomic E-state index is -3.57. The van der Waals surface area contributed by atoms with Gasteiger partial charge in [-0.05, 0) is 38.1 Å². The fraction of sp³-hybridized carbons (Fsp3) is 0.400. The third-order valence-electron chi connectivity index (χ3n) is 3.23. The lowest BCUT2D eigenvalue weighted by atomic mass is 10.2. The van der Waals surface area contributed by atoms with Gasteiger partial charge in [0.25, 0.3) is 0 Å². The fourth-order valence-electron chi connectivity index (χ4n) is 2.19. The van der Waals surface area contributed by atoms with E-state index in [1.54, 1.807) is 18.3 Å². The summed E-state index contributed by atoms with van der Waals surface area (Å²) in [6.07, 6.45) is 1.68. The van der Waals surface area contributed by atoms with Crippen molar-refractivity contribution in [1.29, 1.82) is 0 Å². The minimum Gasteiger partial charge on any atom is -0.313 e. The van der Waals surface area contributed by atoms with Gasteiger partial charge in [0.05, 0.1) is 5.52 Å². The number of hydrogen-bond acceptors (Lipinski definition) is 4. The Bertz CT molecular complexity index is 729. The quantitative estimate of drug-likeness (QED) is 0.854. The van der Waals surface area contributed by atoms with Crippen molar-refractivity contribution >= 4 is 20.9 Å². The van der Waals surface area contributed by atoms with Crippen LogP contribution in [0.4, 0.5) is 0 Å². The van der Waals surface area contributed by atoms with E-state index in [4.69, 9.17) is 0 Å². The maximum Gasteiger partial charge on any atom is 0.242 e. The molecule has 1 atom stereocenters. The second-order valence-electron chi connectivity index (χ2n) is 5.15. The summed E-state index contributed by atoms with van der Waals surface area (Å²) >= 11 is 0. The molecule has 1 aromatic heterocycles. The SMILES string of the molecule is CCN[C@H](C)CNS(=O)(=O)c1cccc2cc(C)cnc12. The Morgan fingerprint density at radius 2 is 2.10 bits per heavy atom. The molecule has 0 spiro atoms. The standard InChI is InChI=1S/C15H21N3O2S/c1-4-16-12(3)10-18-21(19,20)14-7-5-6-13-8-11(2)9-17-15(13)14/h5-9,12,16,18H,4,10H2,1-3H3/t12-/m1/s1. The normalized spacial score (nSPS) is 13.5. The molecule has 2 N–H and O–H groups in total. The van der Waals surface area contributed by atoms with E-state index in [1.807, 2.05) is 32.9 Å². The lowest BCUT2D eigenvalue weighted by Gasteiger charge is -2.14. The Hall–Kier alpha value is -1.50. The van der Waals surface area contributed by atoms with Crippen molar-refractivity contribution in [2.24, 2.45) is 0 Å². The van der Waals surface area contributed by atoms with Crippen LogP contribution in [0.3, 0.4) is 0 Å². The van der Waals surface area contributed by atoms with E-state index in [-0.39, 0.29) is 10.9 Å². The molecule has 0 aliphatic rings. The number of aryl methyl sites for hydroxylation is 1. The summed E-state index contributed by atoms with van der Waals surface area (Å²) in [6, 6.07) is 7.21. The molecule has 6 heteroatoms. The highest BCUT2D eigenvalue weighted by molar-refractivity contribution is 7.89. The van der Waals surface area contributed by atoms with Crippen LogP contribution < -0.4 is 10.0 Å². The van der Waals surface area contributed by atoms with Gasteiger partial charge in [-0.2, -0.15) is 0 Å². The molecule has 0 saturated heterocycles. The van der Waals surface area contributed by atoms with Crippen molar-refractivity contribution < 1.29 is 8.42 Å². The molecule has 1 heterocycles. The molecule has 0 unspecified atom stereocenters. The molecule has 114 valence electrons. The van der Waals surface area contributed by atoms with Crippen LogP contribution >= 0.6 is 0 Å². The lowest BCUT2D eigenvalue weighted by molar-refractivity contribution is 0.536. The fourth-order valence-corrected chi connectivity index (χ4v) is 3.50. The summed E-state index contributed by atoms with van der Waals surface area (Å²) in [5, 5.41) is 4.00. The summed E-state index contributed by atoms with van der Waals surface area (Å²) in [5.41, 5.74) is 1.51. The number of fused-ring (bicyclic) bond motifs is 1. The van der Waals surface area contributed by atoms with E-state index in [9.17, 15) is 8.42 Å². The molecule has 21 heavy (non-hydrogen) atoms. The molecule has 1 aromatic carbocycles. The number of nitrogens with one attached hydrogen (secondary N) is 2. The number of pyridine rings is 1. The summed E-state index contributed by atoms with van der Waals surface area (Å²) in [5.74, 6) is 0. The third kappa shape index (κ3) is 3.78. The van der Waals surface area contributed by atoms with E-state index in [0.717, 1.165) is 17.5 Å². The van der Waals surface area contributed by atoms with Gasteiger partial charge in [-0.25, -0.2) is 13.1 Å². The maximum atomic E-state index is 12.5. The topological polar surface area (TPSA) is 71.1 Å². The average molecular weight is 307 g/mol. The molecule has 0 radical (unpaired) electrons. The second kappa shape index (κ2) is 6.51. The zero-order valence-electron chi connectivity index (χ0n) is 12.6. The number of likely N-dealkylation sites (N-methyl/N-ethyl adjacent to an activating group) is 1.